The van der Waals surface area contributed by atoms with Crippen molar-refractivity contribution < 1.29 is 63.3 Å². The van der Waals surface area contributed by atoms with Gasteiger partial charge in [0.15, 0.2) is 0 Å². The lowest BCUT2D eigenvalue weighted by atomic mass is 9.72. The number of rotatable bonds is 6. The minimum absolute atomic E-state index is 0.194. The van der Waals surface area contributed by atoms with Crippen molar-refractivity contribution in [3.63, 3.8) is 0 Å². The third kappa shape index (κ3) is 6.16. The number of ether oxygens (including phenoxy) is 3. The molecule has 0 aliphatic carbocycles. The molecule has 0 unspecified atom stereocenters. The predicted octanol–water partition coefficient (Wildman–Crippen LogP) is 7.93. The Hall–Kier alpha value is -4.23. The molecule has 3 aromatic carbocycles. The number of aryl methyl sites for hydroxylation is 3. The molecule has 0 aliphatic rings. The summed E-state index contributed by atoms with van der Waals surface area (Å²) in [5.74, 6) is -4.15. The van der Waals surface area contributed by atoms with Crippen molar-refractivity contribution in [2.45, 2.75) is 44.9 Å². The fraction of sp³-hybridized carbons (Fsp3) is 0.286. The van der Waals surface area contributed by atoms with Gasteiger partial charge in [-0.2, -0.15) is 26.3 Å². The first-order valence-electron chi connectivity index (χ1n) is 11.8. The minimum atomic E-state index is -5.85. The Morgan fingerprint density at radius 3 is 1.64 bits per heavy atom. The summed E-state index contributed by atoms with van der Waals surface area (Å²) < 4.78 is 139. The van der Waals surface area contributed by atoms with Gasteiger partial charge >= 0.3 is 30.7 Å². The maximum Gasteiger partial charge on any atom is 0.573 e. The summed E-state index contributed by atoms with van der Waals surface area (Å²) in [5.41, 5.74) is -7.64. The second kappa shape index (κ2) is 11.2. The third-order valence-electron chi connectivity index (χ3n) is 6.45. The van der Waals surface area contributed by atoms with Crippen LogP contribution in [0, 0.1) is 20.8 Å². The third-order valence-corrected chi connectivity index (χ3v) is 6.45. The molecule has 0 bridgehead atoms. The molecule has 3 aromatic rings. The summed E-state index contributed by atoms with van der Waals surface area (Å²) in [4.78, 5) is 24.5. The van der Waals surface area contributed by atoms with Crippen LogP contribution in [-0.4, -0.2) is 37.8 Å². The SMILES string of the molecule is COC(=O)c1ccc(C(=O)Oc2ccc(C(c3ccc(C)c(C)c3)(C(F)(F)F)C(F)(F)F)cc2C)cc1OC(F)(F)F. The fourth-order valence-electron chi connectivity index (χ4n) is 4.25. The van der Waals surface area contributed by atoms with Gasteiger partial charge in [0.1, 0.15) is 17.1 Å². The number of halogens is 9. The van der Waals surface area contributed by atoms with Crippen molar-refractivity contribution in [2.24, 2.45) is 0 Å². The average Bonchev–Trinajstić information content (AvgIpc) is 2.84. The monoisotopic (exact) mass is 608 g/mol. The van der Waals surface area contributed by atoms with E-state index in [2.05, 4.69) is 9.47 Å². The average molecular weight is 608 g/mol. The predicted molar refractivity (Wildman–Crippen MR) is 129 cm³/mol. The number of esters is 2. The number of carbonyl (C=O) groups is 2. The van der Waals surface area contributed by atoms with E-state index in [0.29, 0.717) is 29.8 Å². The van der Waals surface area contributed by atoms with Gasteiger partial charge in [-0.1, -0.05) is 30.3 Å². The van der Waals surface area contributed by atoms with E-state index in [-0.39, 0.29) is 11.1 Å². The summed E-state index contributed by atoms with van der Waals surface area (Å²) in [6, 6.07) is 6.66. The van der Waals surface area contributed by atoms with E-state index >= 15 is 0 Å². The topological polar surface area (TPSA) is 61.8 Å². The smallest absolute Gasteiger partial charge is 0.465 e. The first-order chi connectivity index (χ1) is 19.2. The Morgan fingerprint density at radius 2 is 1.17 bits per heavy atom. The number of carbonyl (C=O) groups excluding carboxylic acids is 2. The Balaban J connectivity index is 2.08. The van der Waals surface area contributed by atoms with Crippen LogP contribution in [0.15, 0.2) is 54.6 Å². The molecule has 0 N–H and O–H groups in total. The molecule has 0 radical (unpaired) electrons. The molecule has 226 valence electrons. The van der Waals surface area contributed by atoms with Crippen LogP contribution in [0.5, 0.6) is 11.5 Å². The van der Waals surface area contributed by atoms with E-state index < -0.39 is 69.8 Å². The van der Waals surface area contributed by atoms with Gasteiger partial charge in [-0.25, -0.2) is 9.59 Å². The van der Waals surface area contributed by atoms with Gasteiger partial charge < -0.3 is 14.2 Å². The number of methoxy groups -OCH3 is 1. The largest absolute Gasteiger partial charge is 0.573 e. The quantitative estimate of drug-likeness (QED) is 0.162. The molecule has 3 rings (SSSR count). The van der Waals surface area contributed by atoms with Gasteiger partial charge in [0.2, 0.25) is 5.41 Å². The van der Waals surface area contributed by atoms with Crippen LogP contribution in [0.25, 0.3) is 0 Å². The summed E-state index contributed by atoms with van der Waals surface area (Å²) >= 11 is 0. The normalized spacial score (nSPS) is 12.6. The van der Waals surface area contributed by atoms with Crippen molar-refractivity contribution in [3.05, 3.63) is 93.5 Å². The van der Waals surface area contributed by atoms with Gasteiger partial charge in [0.25, 0.3) is 0 Å². The molecule has 0 saturated carbocycles. The molecule has 0 atom stereocenters. The van der Waals surface area contributed by atoms with Crippen LogP contribution < -0.4 is 9.47 Å². The summed E-state index contributed by atoms with van der Waals surface area (Å²) in [6.07, 6.45) is -17.0. The van der Waals surface area contributed by atoms with E-state index in [9.17, 15) is 49.1 Å². The van der Waals surface area contributed by atoms with Crippen LogP contribution in [0.3, 0.4) is 0 Å². The van der Waals surface area contributed by atoms with Gasteiger partial charge in [0, 0.05) is 0 Å². The van der Waals surface area contributed by atoms with E-state index in [1.807, 2.05) is 0 Å². The van der Waals surface area contributed by atoms with E-state index in [1.165, 1.54) is 13.8 Å². The highest BCUT2D eigenvalue weighted by Crippen LogP contribution is 2.56. The lowest BCUT2D eigenvalue weighted by Gasteiger charge is -2.38. The van der Waals surface area contributed by atoms with Crippen molar-refractivity contribution >= 4 is 11.9 Å². The van der Waals surface area contributed by atoms with Crippen molar-refractivity contribution in [2.75, 3.05) is 7.11 Å². The van der Waals surface area contributed by atoms with Crippen LogP contribution in [-0.2, 0) is 10.2 Å². The Morgan fingerprint density at radius 1 is 0.619 bits per heavy atom. The first-order valence-corrected chi connectivity index (χ1v) is 11.8. The highest BCUT2D eigenvalue weighted by atomic mass is 19.4. The van der Waals surface area contributed by atoms with Gasteiger partial charge in [-0.3, -0.25) is 0 Å². The highest BCUT2D eigenvalue weighted by Gasteiger charge is 2.72. The lowest BCUT2D eigenvalue weighted by Crippen LogP contribution is -2.54. The molecule has 5 nitrogen and oxygen atoms in total. The standard InChI is InChI=1S/C28H21F9O5/c1-14-5-7-18(11-15(14)2)25(26(29,30)31,27(32,33)34)19-8-10-21(16(3)12-19)41-23(38)17-6-9-20(24(39)40-4)22(13-17)42-28(35,36)37/h5-13H,1-4H3. The Labute approximate surface area is 232 Å². The minimum Gasteiger partial charge on any atom is -0.465 e. The molecule has 0 amide bonds. The molecule has 0 aromatic heterocycles. The number of hydrogen-bond acceptors (Lipinski definition) is 5. The van der Waals surface area contributed by atoms with Gasteiger partial charge in [-0.15, -0.1) is 13.2 Å². The van der Waals surface area contributed by atoms with Crippen LogP contribution in [0.1, 0.15) is 48.5 Å². The molecule has 0 fully saturated rings. The van der Waals surface area contributed by atoms with Crippen LogP contribution >= 0.6 is 0 Å². The van der Waals surface area contributed by atoms with Crippen molar-refractivity contribution in [1.82, 2.24) is 0 Å². The number of alkyl halides is 9. The molecular weight excluding hydrogens is 587 g/mol. The van der Waals surface area contributed by atoms with E-state index in [0.717, 1.165) is 44.4 Å². The molecule has 0 spiro atoms. The molecule has 42 heavy (non-hydrogen) atoms. The lowest BCUT2D eigenvalue weighted by molar-refractivity contribution is -0.288. The second-order valence-electron chi connectivity index (χ2n) is 9.16. The second-order valence-corrected chi connectivity index (χ2v) is 9.16. The zero-order chi connectivity index (χ0) is 31.8. The number of hydrogen-bond donors (Lipinski definition) is 0. The molecule has 0 saturated heterocycles. The van der Waals surface area contributed by atoms with Crippen molar-refractivity contribution in [1.29, 1.82) is 0 Å². The molecule has 0 aliphatic heterocycles. The fourth-order valence-corrected chi connectivity index (χ4v) is 4.25. The molecule has 14 heteroatoms. The maximum atomic E-state index is 14.5. The molecule has 0 heterocycles. The summed E-state index contributed by atoms with van der Waals surface area (Å²) in [5, 5.41) is 0. The summed E-state index contributed by atoms with van der Waals surface area (Å²) in [6.45, 7) is 3.98. The number of benzene rings is 3. The van der Waals surface area contributed by atoms with Crippen LogP contribution in [0.4, 0.5) is 39.5 Å². The van der Waals surface area contributed by atoms with Gasteiger partial charge in [0.05, 0.1) is 12.7 Å². The zero-order valence-electron chi connectivity index (χ0n) is 22.1. The Bertz CT molecular complexity index is 1490. The molecular formula is C28H21F9O5. The summed E-state index contributed by atoms with van der Waals surface area (Å²) in [7, 11) is 0.889. The zero-order valence-corrected chi connectivity index (χ0v) is 22.1. The van der Waals surface area contributed by atoms with E-state index in [4.69, 9.17) is 4.74 Å². The maximum absolute atomic E-state index is 14.5. The van der Waals surface area contributed by atoms with Crippen molar-refractivity contribution in [3.8, 4) is 11.5 Å². The van der Waals surface area contributed by atoms with Crippen LogP contribution in [0.2, 0.25) is 0 Å². The highest BCUT2D eigenvalue weighted by molar-refractivity contribution is 5.96. The van der Waals surface area contributed by atoms with E-state index in [1.54, 1.807) is 0 Å². The van der Waals surface area contributed by atoms with Gasteiger partial charge in [-0.05, 0) is 72.9 Å². The Kier molecular flexibility index (Phi) is 8.62. The first kappa shape index (κ1) is 32.3.